The molecule has 0 aromatic carbocycles. The van der Waals surface area contributed by atoms with Crippen LogP contribution < -0.4 is 0 Å². The predicted octanol–water partition coefficient (Wildman–Crippen LogP) is 2.85. The Morgan fingerprint density at radius 3 is 2.40 bits per heavy atom. The number of aromatic nitrogens is 1. The van der Waals surface area contributed by atoms with E-state index in [1.54, 1.807) is 18.0 Å². The maximum atomic E-state index is 4.06. The van der Waals surface area contributed by atoms with Crippen LogP contribution in [-0.4, -0.2) is 16.2 Å². The van der Waals surface area contributed by atoms with Crippen molar-refractivity contribution in [2.45, 2.75) is 5.03 Å². The number of nitrogens with zero attached hydrogens (tertiary/aromatic N) is 1. The maximum absolute atomic E-state index is 4.06. The van der Waals surface area contributed by atoms with Gasteiger partial charge < -0.3 is 0 Å². The number of halogens is 1. The van der Waals surface area contributed by atoms with E-state index in [4.69, 9.17) is 0 Å². The summed E-state index contributed by atoms with van der Waals surface area (Å²) in [7, 11) is 0. The predicted molar refractivity (Wildman–Crippen MR) is 56.0 cm³/mol. The lowest BCUT2D eigenvalue weighted by Crippen LogP contribution is -1.71. The highest BCUT2D eigenvalue weighted by Crippen LogP contribution is 2.07. The van der Waals surface area contributed by atoms with Crippen molar-refractivity contribution in [2.24, 2.45) is 0 Å². The molecule has 0 aliphatic rings. The van der Waals surface area contributed by atoms with Crippen molar-refractivity contribution in [3.05, 3.63) is 24.4 Å². The Labute approximate surface area is 79.8 Å². The molecule has 0 bridgehead atoms. The van der Waals surface area contributed by atoms with Gasteiger partial charge in [-0.1, -0.05) is 28.7 Å². The normalized spacial score (nSPS) is 7.90. The molecule has 1 heterocycles. The van der Waals surface area contributed by atoms with Crippen LogP contribution in [0.5, 0.6) is 0 Å². The van der Waals surface area contributed by atoms with Crippen molar-refractivity contribution in [2.75, 3.05) is 11.2 Å². The summed E-state index contributed by atoms with van der Waals surface area (Å²) in [5.74, 6) is 0. The third-order valence-electron chi connectivity index (χ3n) is 0.847. The van der Waals surface area contributed by atoms with Gasteiger partial charge in [0.1, 0.15) is 0 Å². The molecule has 10 heavy (non-hydrogen) atoms. The van der Waals surface area contributed by atoms with E-state index in [2.05, 4.69) is 27.6 Å². The summed E-state index contributed by atoms with van der Waals surface area (Å²) in [6, 6.07) is 5.89. The number of hydrogen-bond acceptors (Lipinski definition) is 2. The van der Waals surface area contributed by atoms with Gasteiger partial charge in [0.15, 0.2) is 0 Å². The fourth-order valence-electron chi connectivity index (χ4n) is 0.468. The molecule has 0 spiro atoms. The van der Waals surface area contributed by atoms with E-state index < -0.39 is 0 Å². The van der Waals surface area contributed by atoms with E-state index in [0.717, 1.165) is 5.03 Å². The van der Waals surface area contributed by atoms with Gasteiger partial charge in [-0.2, -0.15) is 0 Å². The van der Waals surface area contributed by atoms with Crippen LogP contribution in [-0.2, 0) is 0 Å². The first-order valence-electron chi connectivity index (χ1n) is 2.76. The van der Waals surface area contributed by atoms with Crippen LogP contribution in [0.25, 0.3) is 0 Å². The number of alkyl halides is 1. The molecule has 0 N–H and O–H groups in total. The lowest BCUT2D eigenvalue weighted by Gasteiger charge is -1.88. The van der Waals surface area contributed by atoms with E-state index in [1.807, 2.05) is 29.4 Å². The molecule has 1 aromatic rings. The van der Waals surface area contributed by atoms with E-state index in [-0.39, 0.29) is 0 Å². The average Bonchev–Trinajstić information content (AvgIpc) is 2.10. The number of hydrogen-bond donors (Lipinski definition) is 0. The van der Waals surface area contributed by atoms with Crippen molar-refractivity contribution >= 4 is 34.4 Å². The van der Waals surface area contributed by atoms with E-state index >= 15 is 0 Å². The molecular weight excluding hydrogens is 257 g/mol. The molecule has 0 unspecified atom stereocenters. The molecule has 0 aliphatic carbocycles. The summed E-state index contributed by atoms with van der Waals surface area (Å²) < 4.78 is 0. The Hall–Kier alpha value is 0.230. The molecule has 1 rings (SSSR count). The van der Waals surface area contributed by atoms with Gasteiger partial charge in [-0.05, 0) is 23.3 Å². The summed E-state index contributed by atoms with van der Waals surface area (Å²) in [5, 5.41) is 1.08. The van der Waals surface area contributed by atoms with Crippen molar-refractivity contribution in [3.8, 4) is 0 Å². The highest BCUT2D eigenvalue weighted by atomic mass is 127. The molecular formula is C7H10INS. The monoisotopic (exact) mass is 267 g/mol. The maximum Gasteiger partial charge on any atom is 0.0957 e. The fraction of sp³-hybridized carbons (Fsp3) is 0.286. The molecule has 0 atom stereocenters. The van der Waals surface area contributed by atoms with Gasteiger partial charge in [0.2, 0.25) is 0 Å². The van der Waals surface area contributed by atoms with Gasteiger partial charge >= 0.3 is 0 Å². The Morgan fingerprint density at radius 2 is 2.10 bits per heavy atom. The van der Waals surface area contributed by atoms with Crippen LogP contribution in [0.1, 0.15) is 0 Å². The summed E-state index contributed by atoms with van der Waals surface area (Å²) in [5.41, 5.74) is 0. The van der Waals surface area contributed by atoms with Gasteiger partial charge in [-0.15, -0.1) is 11.8 Å². The number of pyridine rings is 1. The summed E-state index contributed by atoms with van der Waals surface area (Å²) >= 11 is 3.81. The zero-order chi connectivity index (χ0) is 7.82. The minimum atomic E-state index is 1.08. The zero-order valence-corrected chi connectivity index (χ0v) is 9.02. The van der Waals surface area contributed by atoms with Crippen molar-refractivity contribution in [1.82, 2.24) is 4.98 Å². The second kappa shape index (κ2) is 7.34. The van der Waals surface area contributed by atoms with E-state index in [1.165, 1.54) is 0 Å². The SMILES string of the molecule is CI.CSc1ccccn1. The van der Waals surface area contributed by atoms with Crippen LogP contribution in [0.15, 0.2) is 29.4 Å². The van der Waals surface area contributed by atoms with Crippen LogP contribution in [0.4, 0.5) is 0 Å². The molecule has 0 saturated heterocycles. The largest absolute Gasteiger partial charge is 0.250 e. The van der Waals surface area contributed by atoms with Crippen molar-refractivity contribution < 1.29 is 0 Å². The second-order valence-corrected chi connectivity index (χ2v) is 2.20. The molecule has 1 nitrogen and oxygen atoms in total. The first-order chi connectivity index (χ1) is 4.93. The molecule has 1 aromatic heterocycles. The highest BCUT2D eigenvalue weighted by Gasteiger charge is 1.82. The second-order valence-electron chi connectivity index (χ2n) is 1.37. The van der Waals surface area contributed by atoms with Gasteiger partial charge in [0.05, 0.1) is 5.03 Å². The van der Waals surface area contributed by atoms with E-state index in [0.29, 0.717) is 0 Å². The van der Waals surface area contributed by atoms with Gasteiger partial charge in [0, 0.05) is 6.20 Å². The molecule has 0 radical (unpaired) electrons. The third kappa shape index (κ3) is 4.11. The first-order valence-corrected chi connectivity index (χ1v) is 6.14. The Kier molecular flexibility index (Phi) is 7.51. The Morgan fingerprint density at radius 1 is 1.40 bits per heavy atom. The Bertz CT molecular complexity index is 155. The zero-order valence-electron chi connectivity index (χ0n) is 6.04. The van der Waals surface area contributed by atoms with Gasteiger partial charge in [-0.25, -0.2) is 4.98 Å². The fourth-order valence-corrected chi connectivity index (χ4v) is 0.849. The smallest absolute Gasteiger partial charge is 0.0957 e. The topological polar surface area (TPSA) is 12.9 Å². The average molecular weight is 267 g/mol. The van der Waals surface area contributed by atoms with Crippen molar-refractivity contribution in [1.29, 1.82) is 0 Å². The molecule has 3 heteroatoms. The van der Waals surface area contributed by atoms with Crippen molar-refractivity contribution in [3.63, 3.8) is 0 Å². The molecule has 0 aliphatic heterocycles. The van der Waals surface area contributed by atoms with Crippen LogP contribution in [0.2, 0.25) is 0 Å². The van der Waals surface area contributed by atoms with Gasteiger partial charge in [-0.3, -0.25) is 0 Å². The highest BCUT2D eigenvalue weighted by molar-refractivity contribution is 14.1. The van der Waals surface area contributed by atoms with Crippen LogP contribution >= 0.6 is 34.4 Å². The lowest BCUT2D eigenvalue weighted by atomic mass is 10.5. The third-order valence-corrected chi connectivity index (χ3v) is 1.51. The molecule has 0 amide bonds. The Balaban J connectivity index is 0.000000371. The molecule has 0 saturated carbocycles. The molecule has 0 fully saturated rings. The summed E-state index contributed by atoms with van der Waals surface area (Å²) in [6.45, 7) is 0. The number of rotatable bonds is 1. The summed E-state index contributed by atoms with van der Waals surface area (Å²) in [6.07, 6.45) is 3.81. The number of thioether (sulfide) groups is 1. The standard InChI is InChI=1S/C6H7NS.CH3I/c1-8-6-4-2-3-5-7-6;1-2/h2-5H,1H3;1H3. The quantitative estimate of drug-likeness (QED) is 0.441. The molecule has 56 valence electrons. The first kappa shape index (κ1) is 10.2. The van der Waals surface area contributed by atoms with Crippen LogP contribution in [0.3, 0.4) is 0 Å². The lowest BCUT2D eigenvalue weighted by molar-refractivity contribution is 1.14. The van der Waals surface area contributed by atoms with Gasteiger partial charge in [0.25, 0.3) is 0 Å². The van der Waals surface area contributed by atoms with Crippen LogP contribution in [0, 0.1) is 0 Å². The van der Waals surface area contributed by atoms with E-state index in [9.17, 15) is 0 Å². The summed E-state index contributed by atoms with van der Waals surface area (Å²) in [4.78, 5) is 6.03. The minimum absolute atomic E-state index is 1.08. The minimum Gasteiger partial charge on any atom is -0.250 e.